The normalized spacial score (nSPS) is 9.90. The predicted molar refractivity (Wildman–Crippen MR) is 47.1 cm³/mol. The molecule has 0 N–H and O–H groups in total. The standard InChI is InChI=1S/C8H9Si2/c1-6-3-4-8(10-9)7(2)5-6/h3-5H,1-2H3. The molecule has 0 aliphatic carbocycles. The van der Waals surface area contributed by atoms with Gasteiger partial charge in [-0.3, -0.25) is 0 Å². The van der Waals surface area contributed by atoms with Crippen molar-refractivity contribution in [3.05, 3.63) is 29.3 Å². The van der Waals surface area contributed by atoms with Crippen molar-refractivity contribution < 1.29 is 0 Å². The van der Waals surface area contributed by atoms with Crippen LogP contribution in [0.2, 0.25) is 0 Å². The van der Waals surface area contributed by atoms with Gasteiger partial charge in [-0.05, 0) is 13.8 Å². The van der Waals surface area contributed by atoms with Crippen LogP contribution in [0.25, 0.3) is 0 Å². The van der Waals surface area contributed by atoms with E-state index in [4.69, 9.17) is 0 Å². The van der Waals surface area contributed by atoms with Crippen molar-refractivity contribution >= 4 is 24.0 Å². The molecule has 1 aromatic carbocycles. The molecular formula is C8H9Si2. The molecule has 0 saturated heterocycles. The molecule has 10 heavy (non-hydrogen) atoms. The summed E-state index contributed by atoms with van der Waals surface area (Å²) in [6.45, 7) is 4.27. The largest absolute Gasteiger partial charge is 0.0653 e. The second-order valence-electron chi connectivity index (χ2n) is 2.44. The first-order valence-electron chi connectivity index (χ1n) is 3.24. The minimum absolute atomic E-state index is 0.731. The van der Waals surface area contributed by atoms with Gasteiger partial charge in [0.2, 0.25) is 0 Å². The highest BCUT2D eigenvalue weighted by atomic mass is 29.1. The van der Waals surface area contributed by atoms with E-state index in [0.29, 0.717) is 0 Å². The van der Waals surface area contributed by atoms with Crippen LogP contribution in [0.1, 0.15) is 11.1 Å². The van der Waals surface area contributed by atoms with E-state index in [9.17, 15) is 0 Å². The van der Waals surface area contributed by atoms with Gasteiger partial charge < -0.3 is 0 Å². The molecule has 2 heteroatoms. The van der Waals surface area contributed by atoms with Crippen molar-refractivity contribution in [2.24, 2.45) is 0 Å². The summed E-state index contributed by atoms with van der Waals surface area (Å²) in [5.74, 6) is 0. The molecular weight excluding hydrogens is 152 g/mol. The average molecular weight is 161 g/mol. The molecule has 5 radical (unpaired) electrons. The predicted octanol–water partition coefficient (Wildman–Crippen LogP) is 0.716. The van der Waals surface area contributed by atoms with Crippen LogP contribution in [0.3, 0.4) is 0 Å². The Bertz CT molecular complexity index is 231. The van der Waals surface area contributed by atoms with Crippen molar-refractivity contribution in [2.45, 2.75) is 13.8 Å². The number of aryl methyl sites for hydroxylation is 2. The zero-order chi connectivity index (χ0) is 7.56. The van der Waals surface area contributed by atoms with Crippen LogP contribution in [-0.4, -0.2) is 18.8 Å². The topological polar surface area (TPSA) is 0 Å². The lowest BCUT2D eigenvalue weighted by molar-refractivity contribution is 1.41. The fourth-order valence-corrected chi connectivity index (χ4v) is 2.23. The Morgan fingerprint density at radius 2 is 2.00 bits per heavy atom. The van der Waals surface area contributed by atoms with Crippen molar-refractivity contribution in [1.82, 2.24) is 0 Å². The number of hydrogen-bond acceptors (Lipinski definition) is 0. The lowest BCUT2D eigenvalue weighted by atomic mass is 10.2. The summed E-state index contributed by atoms with van der Waals surface area (Å²) in [6.07, 6.45) is 0. The van der Waals surface area contributed by atoms with Crippen molar-refractivity contribution in [1.29, 1.82) is 0 Å². The Kier molecular flexibility index (Phi) is 2.46. The van der Waals surface area contributed by atoms with Crippen LogP contribution in [0.15, 0.2) is 18.2 Å². The first-order chi connectivity index (χ1) is 4.74. The van der Waals surface area contributed by atoms with Gasteiger partial charge in [0.15, 0.2) is 0 Å². The molecule has 0 unspecified atom stereocenters. The van der Waals surface area contributed by atoms with E-state index in [1.54, 1.807) is 0 Å². The maximum absolute atomic E-state index is 3.51. The molecule has 0 atom stereocenters. The first-order valence-corrected chi connectivity index (χ1v) is 5.74. The summed E-state index contributed by atoms with van der Waals surface area (Å²) >= 11 is 0. The quantitative estimate of drug-likeness (QED) is 0.532. The molecule has 49 valence electrons. The molecule has 0 spiro atoms. The minimum atomic E-state index is 0.731. The zero-order valence-corrected chi connectivity index (χ0v) is 8.23. The minimum Gasteiger partial charge on any atom is -0.0653 e. The first kappa shape index (κ1) is 7.76. The van der Waals surface area contributed by atoms with Gasteiger partial charge in [0, 0.05) is 9.76 Å². The van der Waals surface area contributed by atoms with E-state index in [-0.39, 0.29) is 0 Å². The monoisotopic (exact) mass is 161 g/mol. The van der Waals surface area contributed by atoms with Gasteiger partial charge in [-0.15, -0.1) is 0 Å². The van der Waals surface area contributed by atoms with E-state index in [2.05, 4.69) is 41.8 Å². The third-order valence-corrected chi connectivity index (χ3v) is 3.15. The number of benzene rings is 1. The molecule has 0 fully saturated rings. The van der Waals surface area contributed by atoms with E-state index >= 15 is 0 Å². The highest BCUT2D eigenvalue weighted by Gasteiger charge is 1.93. The molecule has 0 aliphatic rings. The highest BCUT2D eigenvalue weighted by molar-refractivity contribution is 6.97. The smallest absolute Gasteiger partial charge is 0.0607 e. The third-order valence-electron chi connectivity index (χ3n) is 1.52. The lowest BCUT2D eigenvalue weighted by Crippen LogP contribution is -2.17. The second kappa shape index (κ2) is 3.17. The Morgan fingerprint density at radius 3 is 2.50 bits per heavy atom. The van der Waals surface area contributed by atoms with Gasteiger partial charge in [-0.25, -0.2) is 0 Å². The van der Waals surface area contributed by atoms with Gasteiger partial charge in [0.05, 0.1) is 9.04 Å². The summed E-state index contributed by atoms with van der Waals surface area (Å²) in [5.41, 5.74) is 2.72. The molecule has 0 saturated carbocycles. The maximum atomic E-state index is 3.51. The Morgan fingerprint density at radius 1 is 1.30 bits per heavy atom. The van der Waals surface area contributed by atoms with Crippen LogP contribution in [-0.2, 0) is 0 Å². The fraction of sp³-hybridized carbons (Fsp3) is 0.250. The molecule has 0 aliphatic heterocycles. The molecule has 0 heterocycles. The van der Waals surface area contributed by atoms with E-state index in [0.717, 1.165) is 9.04 Å². The average Bonchev–Trinajstić information content (AvgIpc) is 1.88. The molecule has 0 bridgehead atoms. The van der Waals surface area contributed by atoms with Crippen LogP contribution in [0, 0.1) is 13.8 Å². The summed E-state index contributed by atoms with van der Waals surface area (Å²) in [6, 6.07) is 6.54. The Balaban J connectivity index is 3.07. The molecule has 0 aromatic heterocycles. The van der Waals surface area contributed by atoms with Crippen molar-refractivity contribution in [2.75, 3.05) is 0 Å². The van der Waals surface area contributed by atoms with Gasteiger partial charge in [0.25, 0.3) is 0 Å². The summed E-state index contributed by atoms with van der Waals surface area (Å²) in [5, 5.41) is 1.40. The SMILES string of the molecule is Cc1ccc([Si][Si])c(C)c1. The van der Waals surface area contributed by atoms with Crippen LogP contribution < -0.4 is 5.19 Å². The zero-order valence-electron chi connectivity index (χ0n) is 6.23. The van der Waals surface area contributed by atoms with Crippen molar-refractivity contribution in [3.8, 4) is 0 Å². The van der Waals surface area contributed by atoms with Gasteiger partial charge in [0.1, 0.15) is 0 Å². The summed E-state index contributed by atoms with van der Waals surface area (Å²) in [4.78, 5) is 0. The highest BCUT2D eigenvalue weighted by Crippen LogP contribution is 1.98. The van der Waals surface area contributed by atoms with E-state index < -0.39 is 0 Å². The molecule has 1 rings (SSSR count). The van der Waals surface area contributed by atoms with Gasteiger partial charge in [-0.1, -0.05) is 34.5 Å². The second-order valence-corrected chi connectivity index (χ2v) is 3.98. The molecule has 1 aromatic rings. The van der Waals surface area contributed by atoms with Crippen LogP contribution in [0.5, 0.6) is 0 Å². The van der Waals surface area contributed by atoms with Crippen LogP contribution >= 0.6 is 0 Å². The Hall–Kier alpha value is -0.346. The van der Waals surface area contributed by atoms with E-state index in [1.807, 2.05) is 0 Å². The summed E-state index contributed by atoms with van der Waals surface area (Å²) < 4.78 is 0. The maximum Gasteiger partial charge on any atom is 0.0607 e. The van der Waals surface area contributed by atoms with E-state index in [1.165, 1.54) is 16.3 Å². The van der Waals surface area contributed by atoms with Crippen LogP contribution in [0.4, 0.5) is 0 Å². The number of hydrogen-bond donors (Lipinski definition) is 0. The Labute approximate surface area is 67.7 Å². The fourth-order valence-electron chi connectivity index (χ4n) is 0.954. The lowest BCUT2D eigenvalue weighted by Gasteiger charge is -2.01. The van der Waals surface area contributed by atoms with Gasteiger partial charge in [-0.2, -0.15) is 0 Å². The molecule has 0 amide bonds. The molecule has 0 nitrogen and oxygen atoms in total. The van der Waals surface area contributed by atoms with Gasteiger partial charge >= 0.3 is 0 Å². The van der Waals surface area contributed by atoms with Crippen molar-refractivity contribution in [3.63, 3.8) is 0 Å². The summed E-state index contributed by atoms with van der Waals surface area (Å²) in [7, 11) is 4.24. The number of rotatable bonds is 1. The third kappa shape index (κ3) is 1.58.